The summed E-state index contributed by atoms with van der Waals surface area (Å²) < 4.78 is 0. The van der Waals surface area contributed by atoms with Crippen LogP contribution in [0.25, 0.3) is 0 Å². The monoisotopic (exact) mass is 243 g/mol. The molecule has 1 atom stereocenters. The molecule has 0 saturated carbocycles. The number of amides is 2. The quantitative estimate of drug-likeness (QED) is 0.514. The second-order valence-electron chi connectivity index (χ2n) is 3.97. The van der Waals surface area contributed by atoms with Crippen LogP contribution in [0.5, 0.6) is 0 Å². The van der Waals surface area contributed by atoms with Crippen molar-refractivity contribution in [3.05, 3.63) is 0 Å². The van der Waals surface area contributed by atoms with Gasteiger partial charge >= 0.3 is 0 Å². The minimum atomic E-state index is -0.390. The van der Waals surface area contributed by atoms with E-state index < -0.39 is 0 Å². The Balaban J connectivity index is 4.10. The van der Waals surface area contributed by atoms with Crippen LogP contribution in [0.4, 0.5) is 0 Å². The summed E-state index contributed by atoms with van der Waals surface area (Å²) >= 11 is 0. The molecule has 5 nitrogen and oxygen atoms in total. The highest BCUT2D eigenvalue weighted by Gasteiger charge is 2.18. The van der Waals surface area contributed by atoms with Crippen molar-refractivity contribution in [1.29, 1.82) is 0 Å². The predicted octanol–water partition coefficient (Wildman–Crippen LogP) is 0.407. The lowest BCUT2D eigenvalue weighted by Crippen LogP contribution is -2.46. The smallest absolute Gasteiger partial charge is 0.242 e. The lowest BCUT2D eigenvalue weighted by atomic mass is 10.1. The van der Waals surface area contributed by atoms with E-state index in [1.807, 2.05) is 14.0 Å². The molecule has 0 fully saturated rings. The van der Waals surface area contributed by atoms with Gasteiger partial charge in [0, 0.05) is 13.0 Å². The zero-order valence-electron chi connectivity index (χ0n) is 11.1. The van der Waals surface area contributed by atoms with Gasteiger partial charge in [0.15, 0.2) is 0 Å². The van der Waals surface area contributed by atoms with E-state index in [1.54, 1.807) is 6.92 Å². The molecule has 1 unspecified atom stereocenters. The standard InChI is InChI=1S/C12H25N3O2/c1-4-11(16)15-10(12(17)14-5-2)8-6-7-9-13-3/h10,13H,4-9H2,1-3H3,(H,14,17)(H,15,16). The van der Waals surface area contributed by atoms with Crippen LogP contribution in [0.2, 0.25) is 0 Å². The highest BCUT2D eigenvalue weighted by Crippen LogP contribution is 2.01. The van der Waals surface area contributed by atoms with Gasteiger partial charge in [0.1, 0.15) is 6.04 Å². The zero-order valence-corrected chi connectivity index (χ0v) is 11.1. The van der Waals surface area contributed by atoms with E-state index in [1.165, 1.54) is 0 Å². The van der Waals surface area contributed by atoms with Crippen molar-refractivity contribution in [3.8, 4) is 0 Å². The largest absolute Gasteiger partial charge is 0.355 e. The first-order chi connectivity index (χ1) is 8.15. The number of unbranched alkanes of at least 4 members (excludes halogenated alkanes) is 1. The van der Waals surface area contributed by atoms with Crippen molar-refractivity contribution in [2.24, 2.45) is 0 Å². The SMILES string of the molecule is CCNC(=O)C(CCCCNC)NC(=O)CC. The van der Waals surface area contributed by atoms with Crippen LogP contribution >= 0.6 is 0 Å². The molecule has 0 aromatic rings. The molecule has 0 aliphatic rings. The van der Waals surface area contributed by atoms with Crippen LogP contribution in [0.1, 0.15) is 39.5 Å². The summed E-state index contributed by atoms with van der Waals surface area (Å²) in [7, 11) is 1.90. The maximum Gasteiger partial charge on any atom is 0.242 e. The van der Waals surface area contributed by atoms with E-state index in [-0.39, 0.29) is 17.9 Å². The molecular formula is C12H25N3O2. The summed E-state index contributed by atoms with van der Waals surface area (Å²) in [6.45, 7) is 5.18. The van der Waals surface area contributed by atoms with Crippen LogP contribution in [0, 0.1) is 0 Å². The minimum absolute atomic E-state index is 0.0742. The molecule has 0 aromatic carbocycles. The van der Waals surface area contributed by atoms with E-state index in [2.05, 4.69) is 16.0 Å². The highest BCUT2D eigenvalue weighted by atomic mass is 16.2. The minimum Gasteiger partial charge on any atom is -0.355 e. The number of hydrogen-bond donors (Lipinski definition) is 3. The molecule has 0 radical (unpaired) electrons. The highest BCUT2D eigenvalue weighted by molar-refractivity contribution is 5.87. The number of carbonyl (C=O) groups is 2. The van der Waals surface area contributed by atoms with Crippen molar-refractivity contribution in [1.82, 2.24) is 16.0 Å². The van der Waals surface area contributed by atoms with Gasteiger partial charge in [-0.2, -0.15) is 0 Å². The molecule has 0 heterocycles. The van der Waals surface area contributed by atoms with Gasteiger partial charge in [-0.15, -0.1) is 0 Å². The van der Waals surface area contributed by atoms with Crippen LogP contribution < -0.4 is 16.0 Å². The number of rotatable bonds is 9. The first-order valence-corrected chi connectivity index (χ1v) is 6.37. The number of nitrogens with one attached hydrogen (secondary N) is 3. The number of hydrogen-bond acceptors (Lipinski definition) is 3. The maximum atomic E-state index is 11.7. The molecule has 0 aliphatic heterocycles. The van der Waals surface area contributed by atoms with Crippen LogP contribution in [-0.4, -0.2) is 38.0 Å². The first-order valence-electron chi connectivity index (χ1n) is 6.37. The van der Waals surface area contributed by atoms with Crippen LogP contribution in [0.15, 0.2) is 0 Å². The topological polar surface area (TPSA) is 70.2 Å². The van der Waals surface area contributed by atoms with E-state index >= 15 is 0 Å². The molecular weight excluding hydrogens is 218 g/mol. The molecule has 17 heavy (non-hydrogen) atoms. The summed E-state index contributed by atoms with van der Waals surface area (Å²) in [5.74, 6) is -0.159. The normalized spacial score (nSPS) is 11.9. The molecule has 2 amide bonds. The fourth-order valence-electron chi connectivity index (χ4n) is 1.51. The second kappa shape index (κ2) is 10.1. The number of carbonyl (C=O) groups excluding carboxylic acids is 2. The van der Waals surface area contributed by atoms with E-state index in [0.29, 0.717) is 19.4 Å². The molecule has 0 aliphatic carbocycles. The van der Waals surface area contributed by atoms with Crippen molar-refractivity contribution in [2.45, 2.75) is 45.6 Å². The fourth-order valence-corrected chi connectivity index (χ4v) is 1.51. The molecule has 5 heteroatoms. The van der Waals surface area contributed by atoms with Gasteiger partial charge in [-0.05, 0) is 39.8 Å². The molecule has 0 bridgehead atoms. The zero-order chi connectivity index (χ0) is 13.1. The Morgan fingerprint density at radius 1 is 1.18 bits per heavy atom. The third kappa shape index (κ3) is 7.74. The van der Waals surface area contributed by atoms with Crippen molar-refractivity contribution < 1.29 is 9.59 Å². The first kappa shape index (κ1) is 15.9. The van der Waals surface area contributed by atoms with Crippen molar-refractivity contribution in [3.63, 3.8) is 0 Å². The van der Waals surface area contributed by atoms with Crippen molar-refractivity contribution in [2.75, 3.05) is 20.1 Å². The summed E-state index contributed by atoms with van der Waals surface area (Å²) in [6.07, 6.45) is 3.03. The summed E-state index contributed by atoms with van der Waals surface area (Å²) in [5, 5.41) is 8.56. The Hall–Kier alpha value is -1.10. The summed E-state index contributed by atoms with van der Waals surface area (Å²) in [4.78, 5) is 23.0. The Labute approximate surface area is 104 Å². The van der Waals surface area contributed by atoms with E-state index in [4.69, 9.17) is 0 Å². The van der Waals surface area contributed by atoms with Gasteiger partial charge in [-0.25, -0.2) is 0 Å². The van der Waals surface area contributed by atoms with Gasteiger partial charge in [-0.1, -0.05) is 6.92 Å². The van der Waals surface area contributed by atoms with Gasteiger partial charge in [0.2, 0.25) is 11.8 Å². The van der Waals surface area contributed by atoms with Gasteiger partial charge in [-0.3, -0.25) is 9.59 Å². The maximum absolute atomic E-state index is 11.7. The van der Waals surface area contributed by atoms with E-state index in [0.717, 1.165) is 19.4 Å². The second-order valence-corrected chi connectivity index (χ2v) is 3.97. The average Bonchev–Trinajstić information content (AvgIpc) is 2.33. The number of likely N-dealkylation sites (N-methyl/N-ethyl adjacent to an activating group) is 1. The van der Waals surface area contributed by atoms with Crippen LogP contribution in [0.3, 0.4) is 0 Å². The third-order valence-electron chi connectivity index (χ3n) is 2.49. The third-order valence-corrected chi connectivity index (χ3v) is 2.49. The van der Waals surface area contributed by atoms with Gasteiger partial charge in [0.25, 0.3) is 0 Å². The molecule has 0 rings (SSSR count). The average molecular weight is 243 g/mol. The summed E-state index contributed by atoms with van der Waals surface area (Å²) in [5.41, 5.74) is 0. The lowest BCUT2D eigenvalue weighted by Gasteiger charge is -2.17. The molecule has 0 aromatic heterocycles. The van der Waals surface area contributed by atoms with Crippen molar-refractivity contribution >= 4 is 11.8 Å². The fraction of sp³-hybridized carbons (Fsp3) is 0.833. The van der Waals surface area contributed by atoms with E-state index in [9.17, 15) is 9.59 Å². The lowest BCUT2D eigenvalue weighted by molar-refractivity contribution is -0.129. The Bertz CT molecular complexity index is 232. The predicted molar refractivity (Wildman–Crippen MR) is 68.7 cm³/mol. The van der Waals surface area contributed by atoms with Gasteiger partial charge < -0.3 is 16.0 Å². The van der Waals surface area contributed by atoms with Gasteiger partial charge in [0.05, 0.1) is 0 Å². The summed E-state index contributed by atoms with van der Waals surface area (Å²) in [6, 6.07) is -0.390. The molecule has 0 saturated heterocycles. The Morgan fingerprint density at radius 3 is 2.41 bits per heavy atom. The molecule has 3 N–H and O–H groups in total. The Kier molecular flexibility index (Phi) is 9.43. The molecule has 0 spiro atoms. The van der Waals surface area contributed by atoms with Crippen LogP contribution in [-0.2, 0) is 9.59 Å². The Morgan fingerprint density at radius 2 is 1.88 bits per heavy atom. The molecule has 100 valence electrons.